The van der Waals surface area contributed by atoms with Crippen molar-refractivity contribution in [3.05, 3.63) is 46.4 Å². The molecule has 0 atom stereocenters. The Morgan fingerprint density at radius 1 is 1.26 bits per heavy atom. The van der Waals surface area contributed by atoms with Gasteiger partial charge < -0.3 is 10.1 Å². The SMILES string of the molecule is C\C=C/C(=C\C(C(=O)CCC)=C(/C)OC)C(=N)/C(C)=C(\C)NC. The fraction of sp³-hybridized carbons (Fsp3) is 0.474. The van der Waals surface area contributed by atoms with Crippen LogP contribution in [0.15, 0.2) is 46.4 Å². The lowest BCUT2D eigenvalue weighted by molar-refractivity contribution is -0.115. The molecule has 23 heavy (non-hydrogen) atoms. The molecular weight excluding hydrogens is 288 g/mol. The van der Waals surface area contributed by atoms with Crippen LogP contribution in [-0.2, 0) is 9.53 Å². The topological polar surface area (TPSA) is 62.2 Å². The van der Waals surface area contributed by atoms with Crippen LogP contribution < -0.4 is 5.32 Å². The molecule has 0 spiro atoms. The molecule has 0 aliphatic rings. The molecule has 0 saturated carbocycles. The summed E-state index contributed by atoms with van der Waals surface area (Å²) in [5.41, 5.74) is 3.38. The van der Waals surface area contributed by atoms with Gasteiger partial charge in [-0.1, -0.05) is 19.1 Å². The highest BCUT2D eigenvalue weighted by molar-refractivity contribution is 6.13. The van der Waals surface area contributed by atoms with Crippen LogP contribution in [0.1, 0.15) is 47.5 Å². The van der Waals surface area contributed by atoms with Crippen molar-refractivity contribution in [2.75, 3.05) is 14.2 Å². The Morgan fingerprint density at radius 3 is 2.30 bits per heavy atom. The second kappa shape index (κ2) is 10.6. The van der Waals surface area contributed by atoms with Crippen molar-refractivity contribution in [1.82, 2.24) is 5.32 Å². The Morgan fingerprint density at radius 2 is 1.87 bits per heavy atom. The summed E-state index contributed by atoms with van der Waals surface area (Å²) in [4.78, 5) is 12.4. The molecule has 2 N–H and O–H groups in total. The molecule has 0 heterocycles. The Bertz CT molecular complexity index is 564. The summed E-state index contributed by atoms with van der Waals surface area (Å²) in [6, 6.07) is 0. The van der Waals surface area contributed by atoms with Gasteiger partial charge in [0.1, 0.15) is 5.76 Å². The number of hydrogen-bond donors (Lipinski definition) is 2. The standard InChI is InChI=1S/C19H30N2O2/c1-8-10-16(19(20)13(3)14(4)21-6)12-17(15(5)23-7)18(22)11-9-2/h8,10,12,20-21H,9,11H2,1-7H3/b10-8-,14-13+,16-12+,17-15-,20-19?. The third-order valence-electron chi connectivity index (χ3n) is 3.71. The molecule has 0 aromatic heterocycles. The van der Waals surface area contributed by atoms with Gasteiger partial charge in [-0.3, -0.25) is 10.2 Å². The molecule has 0 saturated heterocycles. The minimum atomic E-state index is 0.0358. The monoisotopic (exact) mass is 318 g/mol. The van der Waals surface area contributed by atoms with Gasteiger partial charge in [-0.2, -0.15) is 0 Å². The lowest BCUT2D eigenvalue weighted by Gasteiger charge is -2.12. The Balaban J connectivity index is 6.05. The lowest BCUT2D eigenvalue weighted by atomic mass is 9.96. The highest BCUT2D eigenvalue weighted by Gasteiger charge is 2.14. The normalized spacial score (nSPS) is 14.3. The molecule has 0 radical (unpaired) electrons. The molecule has 0 aliphatic heterocycles. The predicted octanol–water partition coefficient (Wildman–Crippen LogP) is 4.31. The quantitative estimate of drug-likeness (QED) is 0.288. The molecule has 0 aromatic carbocycles. The van der Waals surface area contributed by atoms with E-state index in [1.165, 1.54) is 0 Å². The maximum absolute atomic E-state index is 12.4. The third kappa shape index (κ3) is 6.27. The minimum absolute atomic E-state index is 0.0358. The molecule has 4 nitrogen and oxygen atoms in total. The number of hydrogen-bond acceptors (Lipinski definition) is 4. The first-order chi connectivity index (χ1) is 10.8. The third-order valence-corrected chi connectivity index (χ3v) is 3.71. The molecule has 0 rings (SSSR count). The van der Waals surface area contributed by atoms with Gasteiger partial charge in [-0.15, -0.1) is 0 Å². The maximum atomic E-state index is 12.4. The second-order valence-electron chi connectivity index (χ2n) is 5.32. The Hall–Kier alpha value is -2.10. The van der Waals surface area contributed by atoms with E-state index in [1.54, 1.807) is 20.1 Å². The summed E-state index contributed by atoms with van der Waals surface area (Å²) in [5, 5.41) is 11.5. The van der Waals surface area contributed by atoms with E-state index in [9.17, 15) is 4.79 Å². The van der Waals surface area contributed by atoms with Crippen molar-refractivity contribution < 1.29 is 9.53 Å². The fourth-order valence-electron chi connectivity index (χ4n) is 1.98. The van der Waals surface area contributed by atoms with E-state index >= 15 is 0 Å². The van der Waals surface area contributed by atoms with Gasteiger partial charge in [-0.05, 0) is 45.8 Å². The molecule has 0 bridgehead atoms. The summed E-state index contributed by atoms with van der Waals surface area (Å²) in [5.74, 6) is 0.610. The van der Waals surface area contributed by atoms with E-state index in [1.807, 2.05) is 46.9 Å². The minimum Gasteiger partial charge on any atom is -0.501 e. The van der Waals surface area contributed by atoms with Crippen LogP contribution >= 0.6 is 0 Å². The predicted molar refractivity (Wildman–Crippen MR) is 97.7 cm³/mol. The van der Waals surface area contributed by atoms with E-state index in [0.717, 1.165) is 17.7 Å². The van der Waals surface area contributed by atoms with Gasteiger partial charge >= 0.3 is 0 Å². The molecule has 128 valence electrons. The van der Waals surface area contributed by atoms with Gasteiger partial charge in [0.2, 0.25) is 0 Å². The number of Topliss-reactive ketones (excluding diaryl/α,β-unsaturated/α-hetero) is 1. The Kier molecular flexibility index (Phi) is 9.63. The summed E-state index contributed by atoms with van der Waals surface area (Å²) < 4.78 is 5.26. The zero-order valence-electron chi connectivity index (χ0n) is 15.5. The highest BCUT2D eigenvalue weighted by Crippen LogP contribution is 2.18. The van der Waals surface area contributed by atoms with Crippen molar-refractivity contribution in [2.45, 2.75) is 47.5 Å². The molecule has 0 amide bonds. The molecule has 0 unspecified atom stereocenters. The first-order valence-electron chi connectivity index (χ1n) is 7.90. The van der Waals surface area contributed by atoms with Crippen LogP contribution in [0, 0.1) is 5.41 Å². The fourth-order valence-corrected chi connectivity index (χ4v) is 1.98. The van der Waals surface area contributed by atoms with Crippen LogP contribution in [0.4, 0.5) is 0 Å². The number of rotatable bonds is 9. The Labute approximate surface area is 140 Å². The summed E-state index contributed by atoms with van der Waals surface area (Å²) in [6.07, 6.45) is 6.71. The first-order valence-corrected chi connectivity index (χ1v) is 7.90. The summed E-state index contributed by atoms with van der Waals surface area (Å²) in [6.45, 7) is 9.46. The average molecular weight is 318 g/mol. The van der Waals surface area contributed by atoms with Gasteiger partial charge in [0.05, 0.1) is 18.4 Å². The van der Waals surface area contributed by atoms with E-state index < -0.39 is 0 Å². The molecule has 0 aliphatic carbocycles. The van der Waals surface area contributed by atoms with Gasteiger partial charge in [0.15, 0.2) is 5.78 Å². The maximum Gasteiger partial charge on any atom is 0.166 e. The second-order valence-corrected chi connectivity index (χ2v) is 5.32. The number of methoxy groups -OCH3 is 1. The van der Waals surface area contributed by atoms with Gasteiger partial charge in [0.25, 0.3) is 0 Å². The number of ether oxygens (including phenoxy) is 1. The average Bonchev–Trinajstić information content (AvgIpc) is 2.55. The summed E-state index contributed by atoms with van der Waals surface area (Å²) in [7, 11) is 3.38. The first kappa shape index (κ1) is 20.9. The number of allylic oxidation sites excluding steroid dienone is 8. The van der Waals surface area contributed by atoms with Crippen molar-refractivity contribution in [1.29, 1.82) is 5.41 Å². The van der Waals surface area contributed by atoms with Crippen LogP contribution in [0.5, 0.6) is 0 Å². The van der Waals surface area contributed by atoms with Crippen LogP contribution in [-0.4, -0.2) is 25.7 Å². The molecule has 0 aromatic rings. The van der Waals surface area contributed by atoms with E-state index in [-0.39, 0.29) is 5.78 Å². The molecular formula is C19H30N2O2. The van der Waals surface area contributed by atoms with Crippen molar-refractivity contribution in [2.24, 2.45) is 0 Å². The number of carbonyl (C=O) groups is 1. The van der Waals surface area contributed by atoms with Crippen molar-refractivity contribution in [3.63, 3.8) is 0 Å². The highest BCUT2D eigenvalue weighted by atomic mass is 16.5. The van der Waals surface area contributed by atoms with E-state index in [2.05, 4.69) is 5.32 Å². The van der Waals surface area contributed by atoms with Crippen LogP contribution in [0.25, 0.3) is 0 Å². The molecule has 0 fully saturated rings. The number of nitrogens with one attached hydrogen (secondary N) is 2. The zero-order chi connectivity index (χ0) is 18.0. The number of ketones is 1. The van der Waals surface area contributed by atoms with E-state index in [4.69, 9.17) is 10.1 Å². The van der Waals surface area contributed by atoms with Gasteiger partial charge in [-0.25, -0.2) is 0 Å². The lowest BCUT2D eigenvalue weighted by Crippen LogP contribution is -2.12. The largest absolute Gasteiger partial charge is 0.501 e. The van der Waals surface area contributed by atoms with Crippen molar-refractivity contribution >= 4 is 11.5 Å². The van der Waals surface area contributed by atoms with Gasteiger partial charge in [0, 0.05) is 24.7 Å². The summed E-state index contributed by atoms with van der Waals surface area (Å²) >= 11 is 0. The smallest absolute Gasteiger partial charge is 0.166 e. The molecule has 4 heteroatoms. The zero-order valence-corrected chi connectivity index (χ0v) is 15.5. The van der Waals surface area contributed by atoms with Crippen LogP contribution in [0.3, 0.4) is 0 Å². The van der Waals surface area contributed by atoms with Crippen LogP contribution in [0.2, 0.25) is 0 Å². The van der Waals surface area contributed by atoms with E-state index in [0.29, 0.717) is 29.0 Å². The number of carbonyl (C=O) groups excluding carboxylic acids is 1. The van der Waals surface area contributed by atoms with Crippen molar-refractivity contribution in [3.8, 4) is 0 Å².